The van der Waals surface area contributed by atoms with E-state index in [1.165, 1.54) is 4.31 Å². The third-order valence-corrected chi connectivity index (χ3v) is 6.34. The zero-order valence-corrected chi connectivity index (χ0v) is 16.3. The van der Waals surface area contributed by atoms with E-state index < -0.39 is 10.0 Å². The highest BCUT2D eigenvalue weighted by Crippen LogP contribution is 2.24. The minimum atomic E-state index is -3.47. The molecule has 1 aliphatic rings. The molecule has 0 aliphatic carbocycles. The van der Waals surface area contributed by atoms with Crippen LogP contribution >= 0.6 is 0 Å². The molecule has 0 unspecified atom stereocenters. The summed E-state index contributed by atoms with van der Waals surface area (Å²) in [6.45, 7) is 2.86. The molecule has 6 heteroatoms. The van der Waals surface area contributed by atoms with Gasteiger partial charge in [-0.1, -0.05) is 17.6 Å². The largest absolute Gasteiger partial charge is 0.497 e. The molecule has 1 saturated heterocycles. The molecule has 3 rings (SSSR count). The molecule has 0 spiro atoms. The Morgan fingerprint density at radius 3 is 2.44 bits per heavy atom. The molecular weight excluding hydrogens is 360 g/mol. The quantitative estimate of drug-likeness (QED) is 0.765. The second kappa shape index (κ2) is 8.38. The van der Waals surface area contributed by atoms with Crippen LogP contribution in [0.15, 0.2) is 59.0 Å². The lowest BCUT2D eigenvalue weighted by Gasteiger charge is -2.27. The number of rotatable bonds is 3. The molecular formula is C21H22N2O3S. The van der Waals surface area contributed by atoms with Gasteiger partial charge in [-0.05, 0) is 68.2 Å². The Bertz CT molecular complexity index is 990. The Kier molecular flexibility index (Phi) is 5.94. The van der Waals surface area contributed by atoms with Crippen LogP contribution in [0, 0.1) is 18.8 Å². The molecule has 0 bridgehead atoms. The summed E-state index contributed by atoms with van der Waals surface area (Å²) in [6, 6.07) is 12.2. The number of allylic oxidation sites excluding steroid dienone is 1. The van der Waals surface area contributed by atoms with E-state index in [4.69, 9.17) is 4.74 Å². The summed E-state index contributed by atoms with van der Waals surface area (Å²) in [5, 5.41) is 0. The Balaban J connectivity index is 1.64. The fourth-order valence-electron chi connectivity index (χ4n) is 2.88. The number of ether oxygens (including phenoxy) is 1. The molecule has 2 heterocycles. The van der Waals surface area contributed by atoms with E-state index in [1.807, 2.05) is 31.2 Å². The molecule has 1 aromatic heterocycles. The van der Waals surface area contributed by atoms with Crippen molar-refractivity contribution in [2.45, 2.75) is 24.7 Å². The Morgan fingerprint density at radius 2 is 1.81 bits per heavy atom. The lowest BCUT2D eigenvalue weighted by Crippen LogP contribution is -2.36. The highest BCUT2D eigenvalue weighted by molar-refractivity contribution is 7.89. The first-order chi connectivity index (χ1) is 13.0. The van der Waals surface area contributed by atoms with Gasteiger partial charge in [0.1, 0.15) is 11.4 Å². The highest BCUT2D eigenvalue weighted by atomic mass is 32.2. The van der Waals surface area contributed by atoms with Crippen molar-refractivity contribution in [1.82, 2.24) is 9.29 Å². The van der Waals surface area contributed by atoms with Gasteiger partial charge >= 0.3 is 0 Å². The molecule has 0 radical (unpaired) electrons. The average molecular weight is 382 g/mol. The van der Waals surface area contributed by atoms with Crippen LogP contribution in [0.5, 0.6) is 5.75 Å². The minimum absolute atomic E-state index is 0.293. The summed E-state index contributed by atoms with van der Waals surface area (Å²) >= 11 is 0. The molecule has 1 fully saturated rings. The first kappa shape index (κ1) is 19.2. The summed E-state index contributed by atoms with van der Waals surface area (Å²) in [7, 11) is -1.92. The van der Waals surface area contributed by atoms with Crippen LogP contribution in [0.1, 0.15) is 24.2 Å². The number of hydrogen-bond acceptors (Lipinski definition) is 4. The Hall–Kier alpha value is -2.62. The number of sulfonamides is 1. The van der Waals surface area contributed by atoms with Gasteiger partial charge in [-0.3, -0.25) is 0 Å². The molecule has 1 aliphatic heterocycles. The molecule has 5 nitrogen and oxygen atoms in total. The third kappa shape index (κ3) is 4.76. The monoisotopic (exact) mass is 382 g/mol. The summed E-state index contributed by atoms with van der Waals surface area (Å²) < 4.78 is 32.1. The fraction of sp³-hybridized carbons (Fsp3) is 0.286. The molecule has 0 amide bonds. The summed E-state index contributed by atoms with van der Waals surface area (Å²) in [6.07, 6.45) is 3.26. The second-order valence-electron chi connectivity index (χ2n) is 6.32. The van der Waals surface area contributed by atoms with Crippen molar-refractivity contribution < 1.29 is 13.2 Å². The average Bonchev–Trinajstić information content (AvgIpc) is 2.68. The molecule has 27 heavy (non-hydrogen) atoms. The van der Waals surface area contributed by atoms with Gasteiger partial charge in [0.15, 0.2) is 0 Å². The summed E-state index contributed by atoms with van der Waals surface area (Å²) in [5.41, 5.74) is 2.84. The van der Waals surface area contributed by atoms with Crippen molar-refractivity contribution in [3.63, 3.8) is 0 Å². The second-order valence-corrected chi connectivity index (χ2v) is 8.25. The number of nitrogens with zero attached hydrogens (tertiary/aromatic N) is 2. The van der Waals surface area contributed by atoms with E-state index in [0.29, 0.717) is 36.6 Å². The van der Waals surface area contributed by atoms with Gasteiger partial charge in [0.25, 0.3) is 0 Å². The maximum Gasteiger partial charge on any atom is 0.243 e. The van der Waals surface area contributed by atoms with E-state index in [0.717, 1.165) is 17.0 Å². The van der Waals surface area contributed by atoms with Gasteiger partial charge in [-0.15, -0.1) is 0 Å². The van der Waals surface area contributed by atoms with E-state index in [1.54, 1.807) is 31.4 Å². The number of aromatic nitrogens is 1. The molecule has 0 saturated carbocycles. The maximum absolute atomic E-state index is 12.8. The van der Waals surface area contributed by atoms with Crippen molar-refractivity contribution in [3.05, 3.63) is 65.5 Å². The number of aryl methyl sites for hydroxylation is 1. The number of piperidine rings is 1. The standard InChI is InChI=1S/C21H22N2O3S/c1-17-5-3-7-19(22-17)8-4-6-18-13-15-23(16-14-18)27(24,25)21-11-9-20(26-2)10-12-21/h3,5-7,9-12H,13-16H2,1-2H3. The van der Waals surface area contributed by atoms with E-state index in [9.17, 15) is 8.42 Å². The minimum Gasteiger partial charge on any atom is -0.497 e. The molecule has 1 aromatic carbocycles. The van der Waals surface area contributed by atoms with Crippen LogP contribution < -0.4 is 4.74 Å². The van der Waals surface area contributed by atoms with Crippen molar-refractivity contribution in [2.75, 3.05) is 20.2 Å². The van der Waals surface area contributed by atoms with Gasteiger partial charge < -0.3 is 4.74 Å². The van der Waals surface area contributed by atoms with E-state index in [2.05, 4.69) is 16.8 Å². The third-order valence-electron chi connectivity index (χ3n) is 4.43. The van der Waals surface area contributed by atoms with Gasteiger partial charge in [-0.2, -0.15) is 4.31 Å². The predicted octanol–water partition coefficient (Wildman–Crippen LogP) is 3.16. The van der Waals surface area contributed by atoms with Crippen molar-refractivity contribution in [3.8, 4) is 17.6 Å². The fourth-order valence-corrected chi connectivity index (χ4v) is 4.32. The zero-order valence-electron chi connectivity index (χ0n) is 15.5. The Labute approximate surface area is 160 Å². The SMILES string of the molecule is COc1ccc(S(=O)(=O)N2CCC(=CC#Cc3cccc(C)n3)CC2)cc1. The summed E-state index contributed by atoms with van der Waals surface area (Å²) in [5.74, 6) is 6.71. The van der Waals surface area contributed by atoms with Crippen LogP contribution in [-0.4, -0.2) is 37.9 Å². The van der Waals surface area contributed by atoms with Crippen LogP contribution in [-0.2, 0) is 10.0 Å². The molecule has 140 valence electrons. The number of methoxy groups -OCH3 is 1. The molecule has 0 atom stereocenters. The lowest BCUT2D eigenvalue weighted by atomic mass is 10.1. The number of hydrogen-bond donors (Lipinski definition) is 0. The van der Waals surface area contributed by atoms with Crippen LogP contribution in [0.2, 0.25) is 0 Å². The Morgan fingerprint density at radius 1 is 1.11 bits per heavy atom. The smallest absolute Gasteiger partial charge is 0.243 e. The van der Waals surface area contributed by atoms with Crippen molar-refractivity contribution >= 4 is 10.0 Å². The topological polar surface area (TPSA) is 59.5 Å². The summed E-state index contributed by atoms with van der Waals surface area (Å²) in [4.78, 5) is 4.64. The first-order valence-corrected chi connectivity index (χ1v) is 10.2. The maximum atomic E-state index is 12.8. The first-order valence-electron chi connectivity index (χ1n) is 8.76. The van der Waals surface area contributed by atoms with Gasteiger partial charge in [0, 0.05) is 18.8 Å². The number of pyridine rings is 1. The van der Waals surface area contributed by atoms with Gasteiger partial charge in [-0.25, -0.2) is 13.4 Å². The van der Waals surface area contributed by atoms with Crippen LogP contribution in [0.25, 0.3) is 0 Å². The van der Waals surface area contributed by atoms with Crippen molar-refractivity contribution in [1.29, 1.82) is 0 Å². The molecule has 2 aromatic rings. The van der Waals surface area contributed by atoms with Crippen molar-refractivity contribution in [2.24, 2.45) is 0 Å². The zero-order chi connectivity index (χ0) is 19.3. The van der Waals surface area contributed by atoms with Crippen LogP contribution in [0.3, 0.4) is 0 Å². The van der Waals surface area contributed by atoms with Crippen LogP contribution in [0.4, 0.5) is 0 Å². The lowest BCUT2D eigenvalue weighted by molar-refractivity contribution is 0.386. The van der Waals surface area contributed by atoms with E-state index >= 15 is 0 Å². The predicted molar refractivity (Wildman–Crippen MR) is 105 cm³/mol. The normalized spacial score (nSPS) is 15.0. The molecule has 0 N–H and O–H groups in total. The number of benzene rings is 1. The highest BCUT2D eigenvalue weighted by Gasteiger charge is 2.27. The van der Waals surface area contributed by atoms with Gasteiger partial charge in [0.05, 0.1) is 12.0 Å². The van der Waals surface area contributed by atoms with E-state index in [-0.39, 0.29) is 0 Å². The van der Waals surface area contributed by atoms with Gasteiger partial charge in [0.2, 0.25) is 10.0 Å².